The van der Waals surface area contributed by atoms with Gasteiger partial charge in [-0.05, 0) is 36.0 Å². The molecule has 29 heavy (non-hydrogen) atoms. The SMILES string of the molecule is CCOC(=O)Cc1c(-c2ccccc2)c(-c2ccccc2)n(CC(C)(C)C)c1C. The number of aromatic nitrogens is 1. The van der Waals surface area contributed by atoms with Crippen LogP contribution in [-0.2, 0) is 22.5 Å². The number of benzene rings is 2. The number of carbonyl (C=O) groups is 1. The number of hydrogen-bond acceptors (Lipinski definition) is 2. The second-order valence-electron chi connectivity index (χ2n) is 8.65. The van der Waals surface area contributed by atoms with E-state index in [1.807, 2.05) is 19.1 Å². The molecule has 3 nitrogen and oxygen atoms in total. The Labute approximate surface area is 174 Å². The van der Waals surface area contributed by atoms with E-state index in [1.165, 1.54) is 5.69 Å². The Morgan fingerprint density at radius 2 is 1.48 bits per heavy atom. The Morgan fingerprint density at radius 3 is 2.00 bits per heavy atom. The molecule has 0 atom stereocenters. The zero-order valence-electron chi connectivity index (χ0n) is 18.2. The molecule has 1 heterocycles. The third-order valence-corrected chi connectivity index (χ3v) is 5.02. The molecule has 152 valence electrons. The first-order valence-electron chi connectivity index (χ1n) is 10.3. The van der Waals surface area contributed by atoms with E-state index in [9.17, 15) is 4.79 Å². The van der Waals surface area contributed by atoms with Crippen LogP contribution >= 0.6 is 0 Å². The van der Waals surface area contributed by atoms with Crippen LogP contribution < -0.4 is 0 Å². The van der Waals surface area contributed by atoms with Crippen molar-refractivity contribution < 1.29 is 9.53 Å². The topological polar surface area (TPSA) is 31.2 Å². The first-order chi connectivity index (χ1) is 13.8. The van der Waals surface area contributed by atoms with E-state index in [2.05, 4.69) is 80.8 Å². The van der Waals surface area contributed by atoms with Crippen molar-refractivity contribution in [2.24, 2.45) is 5.41 Å². The molecule has 0 aliphatic rings. The maximum Gasteiger partial charge on any atom is 0.310 e. The predicted octanol–water partition coefficient (Wildman–Crippen LogP) is 6.28. The summed E-state index contributed by atoms with van der Waals surface area (Å²) in [5.41, 5.74) is 6.87. The van der Waals surface area contributed by atoms with Crippen LogP contribution in [0.2, 0.25) is 0 Å². The average Bonchev–Trinajstić information content (AvgIpc) is 2.94. The molecule has 3 aromatic rings. The number of nitrogens with zero attached hydrogens (tertiary/aromatic N) is 1. The van der Waals surface area contributed by atoms with Gasteiger partial charge >= 0.3 is 5.97 Å². The molecular formula is C26H31NO2. The molecule has 3 rings (SSSR count). The van der Waals surface area contributed by atoms with Crippen molar-refractivity contribution in [1.29, 1.82) is 0 Å². The van der Waals surface area contributed by atoms with Crippen molar-refractivity contribution in [3.8, 4) is 22.4 Å². The molecule has 0 unspecified atom stereocenters. The van der Waals surface area contributed by atoms with Gasteiger partial charge in [0.2, 0.25) is 0 Å². The van der Waals surface area contributed by atoms with Gasteiger partial charge in [-0.2, -0.15) is 0 Å². The molecule has 2 aromatic carbocycles. The Bertz CT molecular complexity index is 963. The van der Waals surface area contributed by atoms with Gasteiger partial charge in [-0.25, -0.2) is 0 Å². The molecule has 0 fully saturated rings. The van der Waals surface area contributed by atoms with Crippen LogP contribution in [0.1, 0.15) is 39.0 Å². The van der Waals surface area contributed by atoms with Crippen molar-refractivity contribution >= 4 is 5.97 Å². The molecule has 0 aliphatic heterocycles. The van der Waals surface area contributed by atoms with E-state index in [4.69, 9.17) is 4.74 Å². The van der Waals surface area contributed by atoms with Crippen molar-refractivity contribution in [3.05, 3.63) is 71.9 Å². The second-order valence-corrected chi connectivity index (χ2v) is 8.65. The molecule has 0 aliphatic carbocycles. The Morgan fingerprint density at radius 1 is 0.931 bits per heavy atom. The van der Waals surface area contributed by atoms with Gasteiger partial charge in [-0.3, -0.25) is 4.79 Å². The number of rotatable bonds is 6. The third kappa shape index (κ3) is 4.79. The smallest absolute Gasteiger partial charge is 0.310 e. The van der Waals surface area contributed by atoms with Crippen LogP contribution in [0.15, 0.2) is 60.7 Å². The predicted molar refractivity (Wildman–Crippen MR) is 120 cm³/mol. The van der Waals surface area contributed by atoms with Crippen molar-refractivity contribution in [1.82, 2.24) is 4.57 Å². The van der Waals surface area contributed by atoms with Crippen molar-refractivity contribution in [2.75, 3.05) is 6.61 Å². The molecular weight excluding hydrogens is 358 g/mol. The third-order valence-electron chi connectivity index (χ3n) is 5.02. The zero-order chi connectivity index (χ0) is 21.0. The van der Waals surface area contributed by atoms with E-state index in [-0.39, 0.29) is 17.8 Å². The lowest BCUT2D eigenvalue weighted by Gasteiger charge is -2.23. The molecule has 0 saturated carbocycles. The standard InChI is InChI=1S/C26H31NO2/c1-6-29-23(28)17-22-19(2)27(18-26(3,4)5)25(21-15-11-8-12-16-21)24(22)20-13-9-7-10-14-20/h7-16H,6,17-18H2,1-5H3. The summed E-state index contributed by atoms with van der Waals surface area (Å²) in [6.45, 7) is 12.0. The number of ether oxygens (including phenoxy) is 1. The van der Waals surface area contributed by atoms with E-state index in [1.54, 1.807) is 0 Å². The van der Waals surface area contributed by atoms with Crippen LogP contribution in [0.5, 0.6) is 0 Å². The molecule has 3 heteroatoms. The molecule has 0 spiro atoms. The van der Waals surface area contributed by atoms with E-state index < -0.39 is 0 Å². The van der Waals surface area contributed by atoms with Gasteiger partial charge in [0, 0.05) is 17.8 Å². The average molecular weight is 390 g/mol. The van der Waals surface area contributed by atoms with Crippen LogP contribution in [-0.4, -0.2) is 17.1 Å². The van der Waals surface area contributed by atoms with Gasteiger partial charge in [0.1, 0.15) is 0 Å². The quantitative estimate of drug-likeness (QED) is 0.464. The highest BCUT2D eigenvalue weighted by molar-refractivity contribution is 5.88. The second kappa shape index (κ2) is 8.69. The maximum absolute atomic E-state index is 12.5. The van der Waals surface area contributed by atoms with Gasteiger partial charge in [0.15, 0.2) is 0 Å². The molecule has 0 saturated heterocycles. The van der Waals surface area contributed by atoms with Crippen LogP contribution in [0.3, 0.4) is 0 Å². The highest BCUT2D eigenvalue weighted by Gasteiger charge is 2.26. The summed E-state index contributed by atoms with van der Waals surface area (Å²) < 4.78 is 7.68. The fourth-order valence-electron chi connectivity index (χ4n) is 3.85. The molecule has 1 aromatic heterocycles. The number of esters is 1. The lowest BCUT2D eigenvalue weighted by molar-refractivity contribution is -0.142. The normalized spacial score (nSPS) is 11.5. The zero-order valence-corrected chi connectivity index (χ0v) is 18.2. The van der Waals surface area contributed by atoms with Crippen LogP contribution in [0.25, 0.3) is 22.4 Å². The Hall–Kier alpha value is -2.81. The largest absolute Gasteiger partial charge is 0.466 e. The van der Waals surface area contributed by atoms with Gasteiger partial charge < -0.3 is 9.30 Å². The lowest BCUT2D eigenvalue weighted by atomic mass is 9.95. The fraction of sp³-hybridized carbons (Fsp3) is 0.346. The summed E-state index contributed by atoms with van der Waals surface area (Å²) in [4.78, 5) is 12.5. The number of carbonyl (C=O) groups excluding carboxylic acids is 1. The first kappa shape index (κ1) is 20.9. The van der Waals surface area contributed by atoms with Crippen molar-refractivity contribution in [2.45, 2.75) is 47.6 Å². The number of hydrogen-bond donors (Lipinski definition) is 0. The maximum atomic E-state index is 12.5. The molecule has 0 radical (unpaired) electrons. The highest BCUT2D eigenvalue weighted by Crippen LogP contribution is 2.41. The fourth-order valence-corrected chi connectivity index (χ4v) is 3.85. The van der Waals surface area contributed by atoms with Gasteiger partial charge in [-0.1, -0.05) is 81.4 Å². The van der Waals surface area contributed by atoms with Crippen molar-refractivity contribution in [3.63, 3.8) is 0 Å². The summed E-state index contributed by atoms with van der Waals surface area (Å²) in [6.07, 6.45) is 0.279. The highest BCUT2D eigenvalue weighted by atomic mass is 16.5. The molecule has 0 N–H and O–H groups in total. The minimum absolute atomic E-state index is 0.0997. The summed E-state index contributed by atoms with van der Waals surface area (Å²) in [5, 5.41) is 0. The minimum atomic E-state index is -0.180. The van der Waals surface area contributed by atoms with E-state index in [0.717, 1.165) is 34.5 Å². The van der Waals surface area contributed by atoms with E-state index in [0.29, 0.717) is 6.61 Å². The Balaban J connectivity index is 2.31. The van der Waals surface area contributed by atoms with E-state index >= 15 is 0 Å². The summed E-state index contributed by atoms with van der Waals surface area (Å²) >= 11 is 0. The van der Waals surface area contributed by atoms with Gasteiger partial charge in [0.25, 0.3) is 0 Å². The summed E-state index contributed by atoms with van der Waals surface area (Å²) in [5.74, 6) is -0.180. The summed E-state index contributed by atoms with van der Waals surface area (Å²) in [6, 6.07) is 20.8. The van der Waals surface area contributed by atoms with Gasteiger partial charge in [0.05, 0.1) is 18.7 Å². The van der Waals surface area contributed by atoms with Gasteiger partial charge in [-0.15, -0.1) is 0 Å². The van der Waals surface area contributed by atoms with Crippen LogP contribution in [0, 0.1) is 12.3 Å². The minimum Gasteiger partial charge on any atom is -0.466 e. The molecule has 0 bridgehead atoms. The molecule has 0 amide bonds. The monoisotopic (exact) mass is 389 g/mol. The first-order valence-corrected chi connectivity index (χ1v) is 10.3. The lowest BCUT2D eigenvalue weighted by Crippen LogP contribution is -2.17. The van der Waals surface area contributed by atoms with Crippen LogP contribution in [0.4, 0.5) is 0 Å². The summed E-state index contributed by atoms with van der Waals surface area (Å²) in [7, 11) is 0. The Kier molecular flexibility index (Phi) is 6.26.